The molecule has 0 bridgehead atoms. The Balaban J connectivity index is 1.59. The lowest BCUT2D eigenvalue weighted by molar-refractivity contribution is -0.188. The van der Waals surface area contributed by atoms with Crippen molar-refractivity contribution in [2.45, 2.75) is 25.3 Å². The van der Waals surface area contributed by atoms with Crippen LogP contribution in [0.2, 0.25) is 0 Å². The Labute approximate surface area is 114 Å². The lowest BCUT2D eigenvalue weighted by Crippen LogP contribution is -2.61. The van der Waals surface area contributed by atoms with Gasteiger partial charge in [0.25, 0.3) is 0 Å². The minimum absolute atomic E-state index is 0.107. The van der Waals surface area contributed by atoms with Crippen molar-refractivity contribution < 1.29 is 14.3 Å². The molecule has 0 aromatic rings. The van der Waals surface area contributed by atoms with Crippen LogP contribution in [-0.4, -0.2) is 74.9 Å². The highest BCUT2D eigenvalue weighted by atomic mass is 16.5. The van der Waals surface area contributed by atoms with Crippen LogP contribution in [0.5, 0.6) is 0 Å². The van der Waals surface area contributed by atoms with Crippen molar-refractivity contribution in [1.82, 2.24) is 9.80 Å². The van der Waals surface area contributed by atoms with Crippen LogP contribution in [0.25, 0.3) is 0 Å². The molecule has 0 aliphatic carbocycles. The van der Waals surface area contributed by atoms with Gasteiger partial charge in [-0.1, -0.05) is 6.42 Å². The van der Waals surface area contributed by atoms with Crippen LogP contribution in [0.15, 0.2) is 0 Å². The van der Waals surface area contributed by atoms with Gasteiger partial charge in [0.2, 0.25) is 0 Å². The first-order chi connectivity index (χ1) is 9.23. The van der Waals surface area contributed by atoms with Crippen LogP contribution in [-0.2, 0) is 14.3 Å². The van der Waals surface area contributed by atoms with Crippen molar-refractivity contribution in [3.05, 3.63) is 0 Å². The largest absolute Gasteiger partial charge is 0.468 e. The van der Waals surface area contributed by atoms with Crippen LogP contribution in [0.1, 0.15) is 19.3 Å². The number of hydrogen-bond donors (Lipinski definition) is 0. The smallest absolute Gasteiger partial charge is 0.317 e. The third-order valence-electron chi connectivity index (χ3n) is 4.82. The monoisotopic (exact) mass is 268 g/mol. The van der Waals surface area contributed by atoms with Gasteiger partial charge < -0.3 is 9.47 Å². The Morgan fingerprint density at radius 2 is 2.16 bits per heavy atom. The first-order valence-corrected chi connectivity index (χ1v) is 7.36. The van der Waals surface area contributed by atoms with Crippen LogP contribution in [0, 0.1) is 5.41 Å². The molecule has 3 heterocycles. The fraction of sp³-hybridized carbons (Fsp3) is 0.929. The summed E-state index contributed by atoms with van der Waals surface area (Å²) >= 11 is 0. The van der Waals surface area contributed by atoms with E-state index in [0.717, 1.165) is 26.2 Å². The quantitative estimate of drug-likeness (QED) is 0.691. The van der Waals surface area contributed by atoms with Gasteiger partial charge in [-0.25, -0.2) is 0 Å². The highest BCUT2D eigenvalue weighted by Gasteiger charge is 2.49. The summed E-state index contributed by atoms with van der Waals surface area (Å²) in [5.74, 6) is -0.107. The normalized spacial score (nSPS) is 31.3. The molecular weight excluding hydrogens is 244 g/mol. The fourth-order valence-corrected chi connectivity index (χ4v) is 3.63. The van der Waals surface area contributed by atoms with Crippen molar-refractivity contribution >= 4 is 5.97 Å². The van der Waals surface area contributed by atoms with Crippen LogP contribution in [0.3, 0.4) is 0 Å². The maximum atomic E-state index is 11.9. The molecular formula is C14H24N2O3. The average Bonchev–Trinajstić information content (AvgIpc) is 2.42. The molecule has 3 fully saturated rings. The predicted molar refractivity (Wildman–Crippen MR) is 70.9 cm³/mol. The number of methoxy groups -OCH3 is 1. The van der Waals surface area contributed by atoms with E-state index in [0.29, 0.717) is 19.3 Å². The third-order valence-corrected chi connectivity index (χ3v) is 4.82. The molecule has 108 valence electrons. The van der Waals surface area contributed by atoms with Crippen molar-refractivity contribution in [2.75, 3.05) is 53.0 Å². The summed E-state index contributed by atoms with van der Waals surface area (Å²) in [5, 5.41) is 0. The summed E-state index contributed by atoms with van der Waals surface area (Å²) in [5.41, 5.74) is -0.397. The zero-order chi connectivity index (χ0) is 13.3. The summed E-state index contributed by atoms with van der Waals surface area (Å²) in [6, 6.07) is 0.693. The second-order valence-corrected chi connectivity index (χ2v) is 6.19. The van der Waals surface area contributed by atoms with Crippen LogP contribution in [0.4, 0.5) is 0 Å². The number of carbonyl (C=O) groups excluding carboxylic acids is 1. The molecule has 0 aromatic heterocycles. The first-order valence-electron chi connectivity index (χ1n) is 7.36. The molecule has 3 saturated heterocycles. The van der Waals surface area contributed by atoms with Gasteiger partial charge in [0, 0.05) is 32.2 Å². The number of ether oxygens (including phenoxy) is 2. The van der Waals surface area contributed by atoms with Crippen molar-refractivity contribution in [1.29, 1.82) is 0 Å². The van der Waals surface area contributed by atoms with E-state index in [1.807, 2.05) is 0 Å². The summed E-state index contributed by atoms with van der Waals surface area (Å²) in [6.07, 6.45) is 3.99. The van der Waals surface area contributed by atoms with Crippen LogP contribution < -0.4 is 0 Å². The Morgan fingerprint density at radius 3 is 2.84 bits per heavy atom. The maximum absolute atomic E-state index is 11.9. The summed E-state index contributed by atoms with van der Waals surface area (Å²) in [4.78, 5) is 17.0. The predicted octanol–water partition coefficient (Wildman–Crippen LogP) is 0.346. The number of piperazine rings is 1. The van der Waals surface area contributed by atoms with E-state index >= 15 is 0 Å². The Hall–Kier alpha value is -0.650. The van der Waals surface area contributed by atoms with Gasteiger partial charge in [0.1, 0.15) is 5.41 Å². The van der Waals surface area contributed by atoms with E-state index in [4.69, 9.17) is 9.47 Å². The molecule has 0 N–H and O–H groups in total. The van der Waals surface area contributed by atoms with E-state index in [-0.39, 0.29) is 5.97 Å². The molecule has 3 aliphatic rings. The molecule has 0 aromatic carbocycles. The molecule has 19 heavy (non-hydrogen) atoms. The van der Waals surface area contributed by atoms with Crippen molar-refractivity contribution in [3.63, 3.8) is 0 Å². The van der Waals surface area contributed by atoms with Crippen molar-refractivity contribution in [3.8, 4) is 0 Å². The maximum Gasteiger partial charge on any atom is 0.317 e. The molecule has 0 spiro atoms. The number of nitrogens with zero attached hydrogens (tertiary/aromatic N) is 2. The SMILES string of the molecule is COC(=O)C1(CN2CCN3CCCCC3C2)COC1. The minimum Gasteiger partial charge on any atom is -0.468 e. The third kappa shape index (κ3) is 2.51. The van der Waals surface area contributed by atoms with E-state index < -0.39 is 5.41 Å². The molecule has 0 amide bonds. The molecule has 5 nitrogen and oxygen atoms in total. The van der Waals surface area contributed by atoms with E-state index in [2.05, 4.69) is 9.80 Å². The van der Waals surface area contributed by atoms with E-state index in [1.165, 1.54) is 32.9 Å². The zero-order valence-corrected chi connectivity index (χ0v) is 11.8. The number of hydrogen-bond acceptors (Lipinski definition) is 5. The molecule has 3 aliphatic heterocycles. The van der Waals surface area contributed by atoms with Crippen molar-refractivity contribution in [2.24, 2.45) is 5.41 Å². The highest BCUT2D eigenvalue weighted by Crippen LogP contribution is 2.31. The first kappa shape index (κ1) is 13.3. The second-order valence-electron chi connectivity index (χ2n) is 6.19. The van der Waals surface area contributed by atoms with Gasteiger partial charge >= 0.3 is 5.97 Å². The van der Waals surface area contributed by atoms with Gasteiger partial charge in [0.15, 0.2) is 0 Å². The minimum atomic E-state index is -0.397. The lowest BCUT2D eigenvalue weighted by Gasteiger charge is -2.48. The van der Waals surface area contributed by atoms with Crippen LogP contribution >= 0.6 is 0 Å². The van der Waals surface area contributed by atoms with E-state index in [1.54, 1.807) is 0 Å². The zero-order valence-electron chi connectivity index (χ0n) is 11.8. The number of esters is 1. The Bertz CT molecular complexity index is 344. The summed E-state index contributed by atoms with van der Waals surface area (Å²) in [6.45, 7) is 6.39. The Morgan fingerprint density at radius 1 is 1.32 bits per heavy atom. The van der Waals surface area contributed by atoms with Gasteiger partial charge in [0.05, 0.1) is 20.3 Å². The van der Waals surface area contributed by atoms with Gasteiger partial charge in [-0.2, -0.15) is 0 Å². The van der Waals surface area contributed by atoms with E-state index in [9.17, 15) is 4.79 Å². The summed E-state index contributed by atoms with van der Waals surface area (Å²) < 4.78 is 10.2. The van der Waals surface area contributed by atoms with Gasteiger partial charge in [-0.15, -0.1) is 0 Å². The fourth-order valence-electron chi connectivity index (χ4n) is 3.63. The molecule has 3 rings (SSSR count). The molecule has 0 radical (unpaired) electrons. The lowest BCUT2D eigenvalue weighted by atomic mass is 9.84. The molecule has 0 saturated carbocycles. The number of piperidine rings is 1. The highest BCUT2D eigenvalue weighted by molar-refractivity contribution is 5.78. The Kier molecular flexibility index (Phi) is 3.78. The number of rotatable bonds is 3. The molecule has 1 atom stereocenters. The topological polar surface area (TPSA) is 42.0 Å². The standard InChI is InChI=1S/C14H24N2O3/c1-18-13(17)14(10-19-11-14)9-15-6-7-16-5-3-2-4-12(16)8-15/h12H,2-11H2,1H3. The average molecular weight is 268 g/mol. The number of fused-ring (bicyclic) bond motifs is 1. The van der Waals surface area contributed by atoms with Gasteiger partial charge in [-0.05, 0) is 19.4 Å². The van der Waals surface area contributed by atoms with Gasteiger partial charge in [-0.3, -0.25) is 14.6 Å². The molecule has 1 unspecified atom stereocenters. The molecule has 5 heteroatoms. The number of carbonyl (C=O) groups is 1. The summed E-state index contributed by atoms with van der Waals surface area (Å²) in [7, 11) is 1.47. The second kappa shape index (κ2) is 5.38.